The van der Waals surface area contributed by atoms with E-state index in [1.165, 1.54) is 5.69 Å². The Bertz CT molecular complexity index is 319. The third-order valence-corrected chi connectivity index (χ3v) is 2.78. The summed E-state index contributed by atoms with van der Waals surface area (Å²) in [4.78, 5) is 2.38. The zero-order valence-corrected chi connectivity index (χ0v) is 8.89. The van der Waals surface area contributed by atoms with Crippen LogP contribution in [-0.4, -0.2) is 31.5 Å². The van der Waals surface area contributed by atoms with Gasteiger partial charge in [-0.15, -0.1) is 0 Å². The van der Waals surface area contributed by atoms with Crippen LogP contribution < -0.4 is 10.2 Å². The van der Waals surface area contributed by atoms with E-state index in [0.29, 0.717) is 0 Å². The van der Waals surface area contributed by atoms with Gasteiger partial charge in [0.2, 0.25) is 0 Å². The first kappa shape index (κ1) is 9.62. The average molecular weight is 206 g/mol. The lowest BCUT2D eigenvalue weighted by Gasteiger charge is -2.30. The highest BCUT2D eigenvalue weighted by atomic mass is 32.1. The van der Waals surface area contributed by atoms with Gasteiger partial charge < -0.3 is 10.2 Å². The second-order valence-electron chi connectivity index (χ2n) is 3.41. The van der Waals surface area contributed by atoms with E-state index in [1.807, 2.05) is 6.07 Å². The first-order chi connectivity index (χ1) is 6.92. The SMILES string of the molecule is S=Cc1ccccc1N1CCNCC1. The molecule has 0 unspecified atom stereocenters. The van der Waals surface area contributed by atoms with Crippen molar-refractivity contribution in [2.24, 2.45) is 0 Å². The van der Waals surface area contributed by atoms with Gasteiger partial charge in [-0.05, 0) is 6.07 Å². The smallest absolute Gasteiger partial charge is 0.0449 e. The van der Waals surface area contributed by atoms with Crippen LogP contribution in [0.4, 0.5) is 5.69 Å². The topological polar surface area (TPSA) is 15.3 Å². The van der Waals surface area contributed by atoms with Crippen LogP contribution >= 0.6 is 12.2 Å². The van der Waals surface area contributed by atoms with Crippen LogP contribution in [0.5, 0.6) is 0 Å². The van der Waals surface area contributed by atoms with Gasteiger partial charge in [0.05, 0.1) is 0 Å². The molecule has 0 aliphatic carbocycles. The second-order valence-corrected chi connectivity index (χ2v) is 3.65. The number of piperazine rings is 1. The molecule has 1 heterocycles. The van der Waals surface area contributed by atoms with Crippen molar-refractivity contribution in [2.45, 2.75) is 0 Å². The van der Waals surface area contributed by atoms with Crippen LogP contribution in [0.15, 0.2) is 24.3 Å². The highest BCUT2D eigenvalue weighted by Gasteiger charge is 2.11. The summed E-state index contributed by atoms with van der Waals surface area (Å²) >= 11 is 5.01. The summed E-state index contributed by atoms with van der Waals surface area (Å²) in [5, 5.41) is 5.11. The van der Waals surface area contributed by atoms with Gasteiger partial charge in [-0.1, -0.05) is 30.4 Å². The number of para-hydroxylation sites is 1. The predicted molar refractivity (Wildman–Crippen MR) is 64.3 cm³/mol. The van der Waals surface area contributed by atoms with Crippen molar-refractivity contribution >= 4 is 23.3 Å². The van der Waals surface area contributed by atoms with E-state index in [1.54, 1.807) is 5.37 Å². The molecule has 0 spiro atoms. The van der Waals surface area contributed by atoms with Crippen LogP contribution in [0.1, 0.15) is 5.56 Å². The number of nitrogens with zero attached hydrogens (tertiary/aromatic N) is 1. The molecule has 0 saturated carbocycles. The van der Waals surface area contributed by atoms with Crippen molar-refractivity contribution in [2.75, 3.05) is 31.1 Å². The minimum Gasteiger partial charge on any atom is -0.368 e. The number of thiocarbonyl (C=S) groups is 1. The van der Waals surface area contributed by atoms with Gasteiger partial charge in [-0.25, -0.2) is 0 Å². The number of hydrogen-bond donors (Lipinski definition) is 1. The molecule has 2 nitrogen and oxygen atoms in total. The molecule has 1 aromatic rings. The fourth-order valence-electron chi connectivity index (χ4n) is 1.78. The Kier molecular flexibility index (Phi) is 3.11. The Morgan fingerprint density at radius 2 is 1.93 bits per heavy atom. The van der Waals surface area contributed by atoms with Crippen LogP contribution in [0.3, 0.4) is 0 Å². The zero-order chi connectivity index (χ0) is 9.80. The van der Waals surface area contributed by atoms with Gasteiger partial charge in [0.1, 0.15) is 0 Å². The van der Waals surface area contributed by atoms with Crippen LogP contribution in [0.2, 0.25) is 0 Å². The summed E-state index contributed by atoms with van der Waals surface area (Å²) in [6, 6.07) is 8.32. The summed E-state index contributed by atoms with van der Waals surface area (Å²) < 4.78 is 0. The van der Waals surface area contributed by atoms with Gasteiger partial charge in [0.25, 0.3) is 0 Å². The average Bonchev–Trinajstić information content (AvgIpc) is 2.30. The summed E-state index contributed by atoms with van der Waals surface area (Å²) in [5.74, 6) is 0. The molecule has 1 aliphatic rings. The van der Waals surface area contributed by atoms with E-state index >= 15 is 0 Å². The minimum atomic E-state index is 1.06. The maximum atomic E-state index is 5.01. The molecule has 2 rings (SSSR count). The van der Waals surface area contributed by atoms with Crippen molar-refractivity contribution in [1.29, 1.82) is 0 Å². The molecule has 1 fully saturated rings. The fourth-order valence-corrected chi connectivity index (χ4v) is 1.98. The van der Waals surface area contributed by atoms with Crippen LogP contribution in [0, 0.1) is 0 Å². The summed E-state index contributed by atoms with van der Waals surface area (Å²) in [6.45, 7) is 4.26. The molecular formula is C11H14N2S. The lowest BCUT2D eigenvalue weighted by atomic mass is 10.1. The standard InChI is InChI=1S/C11H14N2S/c14-9-10-3-1-2-4-11(10)13-7-5-12-6-8-13/h1-4,9,12H,5-8H2. The first-order valence-corrected chi connectivity index (χ1v) is 5.39. The molecule has 1 saturated heterocycles. The molecule has 0 radical (unpaired) electrons. The van der Waals surface area contributed by atoms with Gasteiger partial charge in [0.15, 0.2) is 0 Å². The first-order valence-electron chi connectivity index (χ1n) is 4.91. The monoisotopic (exact) mass is 206 g/mol. The van der Waals surface area contributed by atoms with Gasteiger partial charge in [0, 0.05) is 42.8 Å². The van der Waals surface area contributed by atoms with Crippen molar-refractivity contribution < 1.29 is 0 Å². The van der Waals surface area contributed by atoms with E-state index in [-0.39, 0.29) is 0 Å². The van der Waals surface area contributed by atoms with Crippen molar-refractivity contribution in [1.82, 2.24) is 5.32 Å². The van der Waals surface area contributed by atoms with E-state index in [2.05, 4.69) is 28.4 Å². The third-order valence-electron chi connectivity index (χ3n) is 2.52. The lowest BCUT2D eigenvalue weighted by Crippen LogP contribution is -2.43. The molecule has 3 heteroatoms. The largest absolute Gasteiger partial charge is 0.368 e. The quantitative estimate of drug-likeness (QED) is 0.737. The number of hydrogen-bond acceptors (Lipinski definition) is 3. The number of anilines is 1. The second kappa shape index (κ2) is 4.53. The number of benzene rings is 1. The van der Waals surface area contributed by atoms with E-state index in [4.69, 9.17) is 12.2 Å². The Hall–Kier alpha value is -0.930. The maximum Gasteiger partial charge on any atom is 0.0449 e. The van der Waals surface area contributed by atoms with Crippen LogP contribution in [0.25, 0.3) is 0 Å². The molecule has 0 bridgehead atoms. The molecule has 0 aromatic heterocycles. The highest BCUT2D eigenvalue weighted by Crippen LogP contribution is 2.18. The fraction of sp³-hybridized carbons (Fsp3) is 0.364. The Labute approximate surface area is 89.9 Å². The molecule has 74 valence electrons. The zero-order valence-electron chi connectivity index (χ0n) is 8.07. The van der Waals surface area contributed by atoms with Crippen molar-refractivity contribution in [3.8, 4) is 0 Å². The Morgan fingerprint density at radius 1 is 1.21 bits per heavy atom. The van der Waals surface area contributed by atoms with Crippen molar-refractivity contribution in [3.05, 3.63) is 29.8 Å². The predicted octanol–water partition coefficient (Wildman–Crippen LogP) is 1.44. The third kappa shape index (κ3) is 1.94. The van der Waals surface area contributed by atoms with E-state index in [0.717, 1.165) is 31.7 Å². The van der Waals surface area contributed by atoms with E-state index in [9.17, 15) is 0 Å². The molecule has 1 N–H and O–H groups in total. The summed E-state index contributed by atoms with van der Waals surface area (Å²) in [7, 11) is 0. The van der Waals surface area contributed by atoms with Gasteiger partial charge in [-0.2, -0.15) is 0 Å². The molecule has 1 aliphatic heterocycles. The normalized spacial score (nSPS) is 16.7. The van der Waals surface area contributed by atoms with Crippen molar-refractivity contribution in [3.63, 3.8) is 0 Å². The molecule has 1 aromatic carbocycles. The van der Waals surface area contributed by atoms with Crippen LogP contribution in [-0.2, 0) is 0 Å². The Morgan fingerprint density at radius 3 is 2.64 bits per heavy atom. The van der Waals surface area contributed by atoms with Gasteiger partial charge >= 0.3 is 0 Å². The minimum absolute atomic E-state index is 1.06. The lowest BCUT2D eigenvalue weighted by molar-refractivity contribution is 0.589. The van der Waals surface area contributed by atoms with Gasteiger partial charge in [-0.3, -0.25) is 0 Å². The van der Waals surface area contributed by atoms with E-state index < -0.39 is 0 Å². The molecule has 0 amide bonds. The number of rotatable bonds is 2. The highest BCUT2D eigenvalue weighted by molar-refractivity contribution is 7.79. The maximum absolute atomic E-state index is 5.01. The Balaban J connectivity index is 2.24. The molecule has 0 atom stereocenters. The molecule has 14 heavy (non-hydrogen) atoms. The summed E-state index contributed by atoms with van der Waals surface area (Å²) in [5.41, 5.74) is 2.42. The summed E-state index contributed by atoms with van der Waals surface area (Å²) in [6.07, 6.45) is 0. The molecular weight excluding hydrogens is 192 g/mol. The number of nitrogens with one attached hydrogen (secondary N) is 1.